The Kier molecular flexibility index (Phi) is 7.07. The van der Waals surface area contributed by atoms with Crippen LogP contribution in [0.1, 0.15) is 42.9 Å². The largest absolute Gasteiger partial charge is 0.394 e. The fourth-order valence-electron chi connectivity index (χ4n) is 6.47. The van der Waals surface area contributed by atoms with Crippen LogP contribution in [0.2, 0.25) is 0 Å². The van der Waals surface area contributed by atoms with Gasteiger partial charge < -0.3 is 20.6 Å². The van der Waals surface area contributed by atoms with Gasteiger partial charge in [0.15, 0.2) is 0 Å². The Morgan fingerprint density at radius 3 is 2.62 bits per heavy atom. The van der Waals surface area contributed by atoms with Crippen LogP contribution in [0.25, 0.3) is 0 Å². The van der Waals surface area contributed by atoms with Gasteiger partial charge in [0, 0.05) is 17.5 Å². The van der Waals surface area contributed by atoms with Crippen LogP contribution in [0, 0.1) is 25.7 Å². The molecular formula is C29H35N3O4S. The second kappa shape index (κ2) is 10.1. The number of carbonyl (C=O) groups is 3. The Labute approximate surface area is 222 Å². The molecule has 6 atom stereocenters. The van der Waals surface area contributed by atoms with Gasteiger partial charge in [-0.3, -0.25) is 14.4 Å². The highest BCUT2D eigenvalue weighted by Crippen LogP contribution is 2.66. The second-order valence-corrected chi connectivity index (χ2v) is 12.2. The first-order valence-electron chi connectivity index (χ1n) is 13.1. The third kappa shape index (κ3) is 4.34. The van der Waals surface area contributed by atoms with Crippen molar-refractivity contribution in [3.63, 3.8) is 0 Å². The maximum Gasteiger partial charge on any atom is 0.248 e. The van der Waals surface area contributed by atoms with Crippen molar-refractivity contribution in [1.29, 1.82) is 0 Å². The lowest BCUT2D eigenvalue weighted by molar-refractivity contribution is -0.142. The number of nitrogens with zero attached hydrogens (tertiary/aromatic N) is 1. The van der Waals surface area contributed by atoms with E-state index < -0.39 is 28.7 Å². The first-order valence-corrected chi connectivity index (χ1v) is 14.0. The summed E-state index contributed by atoms with van der Waals surface area (Å²) in [6.07, 6.45) is 2.01. The number of hydrogen-bond acceptors (Lipinski definition) is 5. The number of thioether (sulfide) groups is 1. The molecule has 0 aliphatic carbocycles. The lowest BCUT2D eigenvalue weighted by Crippen LogP contribution is -2.54. The number of hydrogen-bond donors (Lipinski definition) is 3. The van der Waals surface area contributed by atoms with E-state index in [0.29, 0.717) is 19.4 Å². The Morgan fingerprint density at radius 2 is 1.92 bits per heavy atom. The van der Waals surface area contributed by atoms with Gasteiger partial charge >= 0.3 is 0 Å². The van der Waals surface area contributed by atoms with Crippen molar-refractivity contribution < 1.29 is 19.5 Å². The smallest absolute Gasteiger partial charge is 0.248 e. The van der Waals surface area contributed by atoms with Crippen LogP contribution < -0.4 is 10.6 Å². The van der Waals surface area contributed by atoms with E-state index >= 15 is 0 Å². The van der Waals surface area contributed by atoms with Crippen molar-refractivity contribution in [3.05, 3.63) is 65.2 Å². The minimum atomic E-state index is -0.746. The number of rotatable bonds is 8. The molecule has 0 aromatic heterocycles. The molecular weight excluding hydrogens is 486 g/mol. The van der Waals surface area contributed by atoms with E-state index in [1.54, 1.807) is 16.7 Å². The molecule has 2 aromatic rings. The number of fused-ring (bicyclic) bond motifs is 1. The van der Waals surface area contributed by atoms with Crippen molar-refractivity contribution >= 4 is 35.2 Å². The van der Waals surface area contributed by atoms with Crippen LogP contribution in [0.5, 0.6) is 0 Å². The molecule has 3 heterocycles. The van der Waals surface area contributed by atoms with Gasteiger partial charge in [-0.05, 0) is 55.9 Å². The zero-order chi connectivity index (χ0) is 26.3. The zero-order valence-corrected chi connectivity index (χ0v) is 22.4. The lowest BCUT2D eigenvalue weighted by Gasteiger charge is -2.36. The summed E-state index contributed by atoms with van der Waals surface area (Å²) in [5.41, 5.74) is 3.70. The van der Waals surface area contributed by atoms with Crippen molar-refractivity contribution in [3.8, 4) is 0 Å². The molecule has 3 fully saturated rings. The summed E-state index contributed by atoms with van der Waals surface area (Å²) >= 11 is 1.64. The molecule has 196 valence electrons. The molecule has 3 N–H and O–H groups in total. The van der Waals surface area contributed by atoms with Gasteiger partial charge in [0.05, 0.1) is 29.2 Å². The molecule has 3 aliphatic heterocycles. The minimum Gasteiger partial charge on any atom is -0.394 e. The van der Waals surface area contributed by atoms with Gasteiger partial charge in [0.25, 0.3) is 0 Å². The monoisotopic (exact) mass is 521 g/mol. The summed E-state index contributed by atoms with van der Waals surface area (Å²) in [6.45, 7) is 6.00. The highest BCUT2D eigenvalue weighted by molar-refractivity contribution is 8.02. The van der Waals surface area contributed by atoms with Crippen LogP contribution in [0.3, 0.4) is 0 Å². The maximum atomic E-state index is 14.0. The summed E-state index contributed by atoms with van der Waals surface area (Å²) in [4.78, 5) is 43.2. The fraction of sp³-hybridized carbons (Fsp3) is 0.483. The molecule has 8 heteroatoms. The summed E-state index contributed by atoms with van der Waals surface area (Å²) in [5.74, 6) is -1.63. The van der Waals surface area contributed by atoms with Gasteiger partial charge in [-0.1, -0.05) is 49.4 Å². The molecule has 37 heavy (non-hydrogen) atoms. The Bertz CT molecular complexity index is 1200. The summed E-state index contributed by atoms with van der Waals surface area (Å²) in [7, 11) is 0. The van der Waals surface area contributed by atoms with Crippen molar-refractivity contribution in [2.75, 3.05) is 11.9 Å². The number of carbonyl (C=O) groups excluding carboxylic acids is 3. The average molecular weight is 522 g/mol. The Morgan fingerprint density at radius 1 is 1.16 bits per heavy atom. The highest BCUT2D eigenvalue weighted by Gasteiger charge is 2.74. The summed E-state index contributed by atoms with van der Waals surface area (Å²) < 4.78 is -0.680. The molecule has 0 saturated carbocycles. The number of anilines is 1. The number of nitrogens with one attached hydrogen (secondary N) is 2. The summed E-state index contributed by atoms with van der Waals surface area (Å²) in [5, 5.41) is 16.3. The predicted octanol–water partition coefficient (Wildman–Crippen LogP) is 3.42. The predicted molar refractivity (Wildman–Crippen MR) is 145 cm³/mol. The third-order valence-corrected chi connectivity index (χ3v) is 10.3. The lowest BCUT2D eigenvalue weighted by atomic mass is 9.70. The van der Waals surface area contributed by atoms with Crippen LogP contribution in [0.4, 0.5) is 5.69 Å². The molecule has 2 aromatic carbocycles. The SMILES string of the molecule is CC[C@@H](CO)N1C(=O)[C@@H]2[C@@H](C(=O)NCc3ccccc3)[C@H]3CCC2(S3)C1C(=O)Nc1cc(C)ccc1C. The van der Waals surface area contributed by atoms with Gasteiger partial charge in [-0.25, -0.2) is 0 Å². The average Bonchev–Trinajstić information content (AvgIpc) is 3.54. The van der Waals surface area contributed by atoms with Gasteiger partial charge in [0.1, 0.15) is 6.04 Å². The van der Waals surface area contributed by atoms with E-state index in [2.05, 4.69) is 10.6 Å². The molecule has 5 rings (SSSR count). The zero-order valence-electron chi connectivity index (χ0n) is 21.6. The number of aliphatic hydroxyl groups excluding tert-OH is 1. The number of benzene rings is 2. The normalized spacial score (nSPS) is 28.8. The van der Waals surface area contributed by atoms with Crippen LogP contribution >= 0.6 is 11.8 Å². The Hall–Kier alpha value is -2.84. The van der Waals surface area contributed by atoms with Crippen LogP contribution in [-0.4, -0.2) is 56.4 Å². The first kappa shape index (κ1) is 25.8. The molecule has 3 saturated heterocycles. The van der Waals surface area contributed by atoms with E-state index in [1.165, 1.54) is 0 Å². The van der Waals surface area contributed by atoms with E-state index in [1.807, 2.05) is 69.3 Å². The summed E-state index contributed by atoms with van der Waals surface area (Å²) in [6, 6.07) is 14.4. The maximum absolute atomic E-state index is 14.0. The second-order valence-electron chi connectivity index (χ2n) is 10.6. The van der Waals surface area contributed by atoms with E-state index in [4.69, 9.17) is 0 Å². The van der Waals surface area contributed by atoms with Crippen molar-refractivity contribution in [1.82, 2.24) is 10.2 Å². The number of amides is 3. The molecule has 1 spiro atoms. The molecule has 3 amide bonds. The van der Waals surface area contributed by atoms with E-state index in [0.717, 1.165) is 28.8 Å². The topological polar surface area (TPSA) is 98.7 Å². The Balaban J connectivity index is 1.46. The van der Waals surface area contributed by atoms with Gasteiger partial charge in [0.2, 0.25) is 17.7 Å². The van der Waals surface area contributed by atoms with E-state index in [-0.39, 0.29) is 29.6 Å². The minimum absolute atomic E-state index is 0.00270. The van der Waals surface area contributed by atoms with E-state index in [9.17, 15) is 19.5 Å². The fourth-order valence-corrected chi connectivity index (χ4v) is 8.68. The first-order chi connectivity index (χ1) is 17.8. The van der Waals surface area contributed by atoms with Crippen molar-refractivity contribution in [2.24, 2.45) is 11.8 Å². The third-order valence-electron chi connectivity index (χ3n) is 8.33. The number of aryl methyl sites for hydroxylation is 2. The molecule has 2 unspecified atom stereocenters. The van der Waals surface area contributed by atoms with Crippen LogP contribution in [-0.2, 0) is 20.9 Å². The molecule has 0 radical (unpaired) electrons. The standard InChI is InChI=1S/C29H35N3O4S/c1-4-20(16-33)32-25(27(35)31-21-14-17(2)10-11-18(21)3)29-13-12-22(37-29)23(24(29)28(32)36)26(34)30-15-19-8-6-5-7-9-19/h5-11,14,20,22-25,33H,4,12-13,15-16H2,1-3H3,(H,30,34)(H,31,35)/t20-,22+,23-,24-,25?,29?/m0/s1. The van der Waals surface area contributed by atoms with Crippen LogP contribution in [0.15, 0.2) is 48.5 Å². The highest BCUT2D eigenvalue weighted by atomic mass is 32.2. The number of aliphatic hydroxyl groups is 1. The van der Waals surface area contributed by atoms with Gasteiger partial charge in [-0.15, -0.1) is 11.8 Å². The molecule has 3 aliphatic rings. The quantitative estimate of drug-likeness (QED) is 0.495. The number of likely N-dealkylation sites (tertiary alicyclic amines) is 1. The molecule has 2 bridgehead atoms. The van der Waals surface area contributed by atoms with Crippen molar-refractivity contribution in [2.45, 2.75) is 68.7 Å². The van der Waals surface area contributed by atoms with Gasteiger partial charge in [-0.2, -0.15) is 0 Å². The molecule has 7 nitrogen and oxygen atoms in total.